The average molecular weight is 449 g/mol. The fourth-order valence-electron chi connectivity index (χ4n) is 3.55. The monoisotopic (exact) mass is 448 g/mol. The molecule has 4 rings (SSSR count). The molecule has 1 aliphatic rings. The highest BCUT2D eigenvalue weighted by atomic mass is 79.9. The van der Waals surface area contributed by atoms with Crippen molar-refractivity contribution in [3.8, 4) is 16.9 Å². The molecule has 4 heteroatoms. The molecule has 146 valence electrons. The van der Waals surface area contributed by atoms with Crippen molar-refractivity contribution in [2.45, 2.75) is 11.2 Å². The molecule has 0 amide bonds. The lowest BCUT2D eigenvalue weighted by Crippen LogP contribution is -2.31. The highest BCUT2D eigenvalue weighted by Gasteiger charge is 2.34. The number of phenolic OH excluding ortho intramolecular Hbond substituents is 1. The maximum Gasteiger partial charge on any atom is 0.129 e. The molecule has 0 radical (unpaired) electrons. The lowest BCUT2D eigenvalue weighted by atomic mass is 9.81. The van der Waals surface area contributed by atoms with E-state index in [1.165, 1.54) is 0 Å². The van der Waals surface area contributed by atoms with Crippen LogP contribution in [0.5, 0.6) is 5.75 Å². The zero-order chi connectivity index (χ0) is 20.5. The molecular formula is C25H21BrO3. The van der Waals surface area contributed by atoms with Crippen LogP contribution in [0.3, 0.4) is 0 Å². The second-order valence-electron chi connectivity index (χ2n) is 7.12. The molecule has 3 nitrogen and oxygen atoms in total. The van der Waals surface area contributed by atoms with E-state index in [2.05, 4.69) is 15.9 Å². The van der Waals surface area contributed by atoms with Gasteiger partial charge in [0.05, 0.1) is 0 Å². The number of aliphatic hydroxyl groups is 1. The maximum atomic E-state index is 11.1. The number of hydrogen-bond donors (Lipinski definition) is 2. The molecule has 0 saturated heterocycles. The van der Waals surface area contributed by atoms with E-state index in [1.54, 1.807) is 31.4 Å². The number of hydrogen-bond acceptors (Lipinski definition) is 3. The van der Waals surface area contributed by atoms with Crippen LogP contribution in [0.15, 0.2) is 102 Å². The molecule has 0 aliphatic heterocycles. The molecule has 0 fully saturated rings. The van der Waals surface area contributed by atoms with Crippen LogP contribution in [-0.2, 0) is 15.9 Å². The van der Waals surface area contributed by atoms with Gasteiger partial charge in [-0.15, -0.1) is 0 Å². The van der Waals surface area contributed by atoms with Gasteiger partial charge in [0.2, 0.25) is 0 Å². The predicted octanol–water partition coefficient (Wildman–Crippen LogP) is 5.68. The summed E-state index contributed by atoms with van der Waals surface area (Å²) in [6.45, 7) is 0. The zero-order valence-corrected chi connectivity index (χ0v) is 17.5. The number of aromatic hydroxyl groups is 1. The minimum atomic E-state index is -1.17. The van der Waals surface area contributed by atoms with Crippen LogP contribution in [0.4, 0.5) is 0 Å². The number of ether oxygens (including phenoxy) is 1. The minimum absolute atomic E-state index is 0.249. The van der Waals surface area contributed by atoms with E-state index in [-0.39, 0.29) is 5.75 Å². The van der Waals surface area contributed by atoms with Crippen LogP contribution in [0.25, 0.3) is 11.1 Å². The topological polar surface area (TPSA) is 49.7 Å². The van der Waals surface area contributed by atoms with Crippen molar-refractivity contribution in [2.24, 2.45) is 0 Å². The summed E-state index contributed by atoms with van der Waals surface area (Å²) in [4.78, 5) is 0. The molecule has 3 aromatic carbocycles. The lowest BCUT2D eigenvalue weighted by molar-refractivity contribution is 0.0593. The first-order valence-electron chi connectivity index (χ1n) is 9.28. The molecule has 0 saturated carbocycles. The summed E-state index contributed by atoms with van der Waals surface area (Å²) in [7, 11) is 1.66. The standard InChI is InChI=1S/C25H21BrO3/c1-29-25(16-14-24(28,15-17-25)20-8-10-22(26)11-9-20)21-6-2-18(3-7-21)19-4-12-23(27)13-5-19/h2-17,27-28H,1H3. The summed E-state index contributed by atoms with van der Waals surface area (Å²) < 4.78 is 6.82. The smallest absolute Gasteiger partial charge is 0.129 e. The quantitative estimate of drug-likeness (QED) is 0.504. The molecule has 0 heterocycles. The molecule has 0 unspecified atom stereocenters. The van der Waals surface area contributed by atoms with Crippen molar-refractivity contribution in [3.63, 3.8) is 0 Å². The van der Waals surface area contributed by atoms with Crippen LogP contribution in [0.1, 0.15) is 11.1 Å². The molecule has 2 N–H and O–H groups in total. The van der Waals surface area contributed by atoms with E-state index in [0.29, 0.717) is 0 Å². The van der Waals surface area contributed by atoms with E-state index in [9.17, 15) is 10.2 Å². The van der Waals surface area contributed by atoms with Gasteiger partial charge in [-0.05, 0) is 70.8 Å². The summed E-state index contributed by atoms with van der Waals surface area (Å²) >= 11 is 3.42. The Balaban J connectivity index is 1.63. The number of methoxy groups -OCH3 is 1. The third-order valence-corrected chi connectivity index (χ3v) is 5.88. The Morgan fingerprint density at radius 2 is 1.17 bits per heavy atom. The van der Waals surface area contributed by atoms with Crippen molar-refractivity contribution < 1.29 is 14.9 Å². The van der Waals surface area contributed by atoms with Crippen molar-refractivity contribution in [1.29, 1.82) is 0 Å². The minimum Gasteiger partial charge on any atom is -0.508 e. The van der Waals surface area contributed by atoms with Gasteiger partial charge in [0.25, 0.3) is 0 Å². The highest BCUT2D eigenvalue weighted by molar-refractivity contribution is 9.10. The molecule has 1 aliphatic carbocycles. The Morgan fingerprint density at radius 3 is 1.69 bits per heavy atom. The summed E-state index contributed by atoms with van der Waals surface area (Å²) in [6, 6.07) is 22.8. The number of phenols is 1. The van der Waals surface area contributed by atoms with Gasteiger partial charge in [-0.2, -0.15) is 0 Å². The molecular weight excluding hydrogens is 428 g/mol. The maximum absolute atomic E-state index is 11.1. The molecule has 0 spiro atoms. The van der Waals surface area contributed by atoms with Gasteiger partial charge in [-0.3, -0.25) is 0 Å². The molecule has 29 heavy (non-hydrogen) atoms. The van der Waals surface area contributed by atoms with Crippen LogP contribution in [0.2, 0.25) is 0 Å². The van der Waals surface area contributed by atoms with E-state index in [0.717, 1.165) is 26.7 Å². The van der Waals surface area contributed by atoms with Gasteiger partial charge < -0.3 is 14.9 Å². The first-order valence-corrected chi connectivity index (χ1v) is 10.1. The van der Waals surface area contributed by atoms with E-state index in [4.69, 9.17) is 4.74 Å². The Hall–Kier alpha value is -2.66. The average Bonchev–Trinajstić information content (AvgIpc) is 2.76. The Morgan fingerprint density at radius 1 is 0.690 bits per heavy atom. The van der Waals surface area contributed by atoms with Crippen molar-refractivity contribution >= 4 is 15.9 Å². The van der Waals surface area contributed by atoms with Crippen molar-refractivity contribution in [1.82, 2.24) is 0 Å². The Bertz CT molecular complexity index is 1030. The summed E-state index contributed by atoms with van der Waals surface area (Å²) in [5.41, 5.74) is 1.92. The first-order chi connectivity index (χ1) is 13.9. The first kappa shape index (κ1) is 19.6. The predicted molar refractivity (Wildman–Crippen MR) is 119 cm³/mol. The Labute approximate surface area is 178 Å². The van der Waals surface area contributed by atoms with Gasteiger partial charge >= 0.3 is 0 Å². The summed E-state index contributed by atoms with van der Waals surface area (Å²) in [5.74, 6) is 0.249. The third kappa shape index (κ3) is 3.79. The van der Waals surface area contributed by atoms with Gasteiger partial charge in [0, 0.05) is 11.6 Å². The second-order valence-corrected chi connectivity index (χ2v) is 8.04. The Kier molecular flexibility index (Phi) is 5.17. The summed E-state index contributed by atoms with van der Waals surface area (Å²) in [5, 5.41) is 20.5. The van der Waals surface area contributed by atoms with Gasteiger partial charge in [-0.1, -0.05) is 64.5 Å². The normalized spacial score (nSPS) is 23.3. The fourth-order valence-corrected chi connectivity index (χ4v) is 3.81. The number of rotatable bonds is 4. The van der Waals surface area contributed by atoms with E-state index in [1.807, 2.05) is 72.8 Å². The van der Waals surface area contributed by atoms with Crippen molar-refractivity contribution in [3.05, 3.63) is 113 Å². The SMILES string of the molecule is COC1(c2ccc(-c3ccc(O)cc3)cc2)C=CC(O)(c2ccc(Br)cc2)C=C1. The zero-order valence-electron chi connectivity index (χ0n) is 15.9. The molecule has 0 atom stereocenters. The van der Waals surface area contributed by atoms with Crippen LogP contribution in [0, 0.1) is 0 Å². The summed E-state index contributed by atoms with van der Waals surface area (Å²) in [6.07, 6.45) is 7.33. The van der Waals surface area contributed by atoms with Crippen LogP contribution >= 0.6 is 15.9 Å². The van der Waals surface area contributed by atoms with Gasteiger partial charge in [0.15, 0.2) is 0 Å². The fraction of sp³-hybridized carbons (Fsp3) is 0.120. The molecule has 0 aromatic heterocycles. The molecule has 3 aromatic rings. The molecule has 0 bridgehead atoms. The number of halogens is 1. The van der Waals surface area contributed by atoms with Crippen molar-refractivity contribution in [2.75, 3.05) is 7.11 Å². The van der Waals surface area contributed by atoms with Crippen LogP contribution in [-0.4, -0.2) is 17.3 Å². The number of benzene rings is 3. The third-order valence-electron chi connectivity index (χ3n) is 5.35. The lowest BCUT2D eigenvalue weighted by Gasteiger charge is -2.34. The van der Waals surface area contributed by atoms with Gasteiger partial charge in [-0.25, -0.2) is 0 Å². The second kappa shape index (κ2) is 7.64. The largest absolute Gasteiger partial charge is 0.508 e. The van der Waals surface area contributed by atoms with E-state index >= 15 is 0 Å². The highest BCUT2D eigenvalue weighted by Crippen LogP contribution is 2.38. The van der Waals surface area contributed by atoms with Crippen LogP contribution < -0.4 is 0 Å². The van der Waals surface area contributed by atoms with E-state index < -0.39 is 11.2 Å². The van der Waals surface area contributed by atoms with Gasteiger partial charge in [0.1, 0.15) is 17.0 Å².